The third kappa shape index (κ3) is 3.37. The fraction of sp³-hybridized carbons (Fsp3) is 0.231. The molecule has 1 N–H and O–H groups in total. The molecule has 2 aromatic rings. The van der Waals surface area contributed by atoms with Gasteiger partial charge in [-0.2, -0.15) is 13.2 Å². The molecule has 7 heteroatoms. The van der Waals surface area contributed by atoms with Gasteiger partial charge in [-0.25, -0.2) is 9.97 Å². The zero-order chi connectivity index (χ0) is 14.6. The molecule has 0 amide bonds. The minimum Gasteiger partial charge on any atom is -0.481 e. The molecule has 0 aromatic carbocycles. The fourth-order valence-corrected chi connectivity index (χ4v) is 1.59. The third-order valence-corrected chi connectivity index (χ3v) is 2.59. The predicted molar refractivity (Wildman–Crippen MR) is 67.4 cm³/mol. The number of nitrogens with one attached hydrogen (secondary N) is 1. The number of nitrogens with zero attached hydrogens (tertiary/aromatic N) is 2. The van der Waals surface area contributed by atoms with Crippen molar-refractivity contribution in [2.24, 2.45) is 0 Å². The van der Waals surface area contributed by atoms with E-state index in [-0.39, 0.29) is 0 Å². The summed E-state index contributed by atoms with van der Waals surface area (Å²) < 4.78 is 42.2. The zero-order valence-corrected chi connectivity index (χ0v) is 10.6. The van der Waals surface area contributed by atoms with E-state index in [0.29, 0.717) is 18.2 Å². The van der Waals surface area contributed by atoms with Crippen LogP contribution >= 0.6 is 0 Å². The Hall–Kier alpha value is -2.31. The van der Waals surface area contributed by atoms with E-state index in [1.807, 2.05) is 6.07 Å². The second-order valence-corrected chi connectivity index (χ2v) is 3.96. The minimum atomic E-state index is -4.38. The molecule has 2 heterocycles. The van der Waals surface area contributed by atoms with Crippen LogP contribution in [0.4, 0.5) is 19.0 Å². The van der Waals surface area contributed by atoms with E-state index in [0.717, 1.165) is 17.8 Å². The lowest BCUT2D eigenvalue weighted by atomic mass is 10.2. The molecule has 0 unspecified atom stereocenters. The van der Waals surface area contributed by atoms with Crippen LogP contribution in [0.25, 0.3) is 0 Å². The number of anilines is 1. The number of aromatic nitrogens is 2. The fourth-order valence-electron chi connectivity index (χ4n) is 1.59. The molecule has 0 spiro atoms. The van der Waals surface area contributed by atoms with Crippen molar-refractivity contribution in [2.45, 2.75) is 12.7 Å². The van der Waals surface area contributed by atoms with Crippen molar-refractivity contribution in [3.8, 4) is 5.88 Å². The average Bonchev–Trinajstić information content (AvgIpc) is 2.45. The number of methoxy groups -OCH3 is 1. The van der Waals surface area contributed by atoms with Crippen LogP contribution in [-0.2, 0) is 12.7 Å². The van der Waals surface area contributed by atoms with Crippen LogP contribution in [0.3, 0.4) is 0 Å². The van der Waals surface area contributed by atoms with Gasteiger partial charge in [0, 0.05) is 24.5 Å². The Morgan fingerprint density at radius 2 is 2.00 bits per heavy atom. The van der Waals surface area contributed by atoms with Gasteiger partial charge in [0.1, 0.15) is 5.82 Å². The molecular weight excluding hydrogens is 271 g/mol. The highest BCUT2D eigenvalue weighted by atomic mass is 19.4. The van der Waals surface area contributed by atoms with Gasteiger partial charge in [0.2, 0.25) is 5.88 Å². The largest absolute Gasteiger partial charge is 0.481 e. The van der Waals surface area contributed by atoms with Gasteiger partial charge in [-0.15, -0.1) is 0 Å². The molecule has 0 fully saturated rings. The smallest absolute Gasteiger partial charge is 0.417 e. The standard InChI is InChI=1S/C13H12F3N3O/c1-20-12-9(3-2-6-17-12)7-18-11-5-4-10(8-19-11)13(14,15)16/h2-6,8H,7H2,1H3,(H,18,19). The Kier molecular flexibility index (Phi) is 4.07. The van der Waals surface area contributed by atoms with Gasteiger partial charge < -0.3 is 10.1 Å². The van der Waals surface area contributed by atoms with Crippen LogP contribution < -0.4 is 10.1 Å². The summed E-state index contributed by atoms with van der Waals surface area (Å²) in [6, 6.07) is 5.82. The van der Waals surface area contributed by atoms with Gasteiger partial charge in [-0.05, 0) is 18.2 Å². The number of ether oxygens (including phenoxy) is 1. The molecule has 0 aliphatic rings. The highest BCUT2D eigenvalue weighted by molar-refractivity contribution is 5.38. The van der Waals surface area contributed by atoms with Crippen molar-refractivity contribution >= 4 is 5.82 Å². The van der Waals surface area contributed by atoms with Gasteiger partial charge in [-0.3, -0.25) is 0 Å². The highest BCUT2D eigenvalue weighted by Crippen LogP contribution is 2.28. The molecule has 0 radical (unpaired) electrons. The molecule has 106 valence electrons. The monoisotopic (exact) mass is 283 g/mol. The normalized spacial score (nSPS) is 11.2. The summed E-state index contributed by atoms with van der Waals surface area (Å²) >= 11 is 0. The van der Waals surface area contributed by atoms with Gasteiger partial charge >= 0.3 is 6.18 Å². The highest BCUT2D eigenvalue weighted by Gasteiger charge is 2.30. The first-order valence-corrected chi connectivity index (χ1v) is 5.75. The summed E-state index contributed by atoms with van der Waals surface area (Å²) in [5, 5.41) is 2.92. The van der Waals surface area contributed by atoms with Crippen LogP contribution in [0.5, 0.6) is 5.88 Å². The molecule has 0 atom stereocenters. The van der Waals surface area contributed by atoms with E-state index >= 15 is 0 Å². The average molecular weight is 283 g/mol. The molecule has 20 heavy (non-hydrogen) atoms. The van der Waals surface area contributed by atoms with E-state index in [1.165, 1.54) is 13.2 Å². The van der Waals surface area contributed by atoms with Gasteiger partial charge in [0.25, 0.3) is 0 Å². The van der Waals surface area contributed by atoms with E-state index in [2.05, 4.69) is 15.3 Å². The summed E-state index contributed by atoms with van der Waals surface area (Å²) in [6.07, 6.45) is -1.99. The summed E-state index contributed by atoms with van der Waals surface area (Å²) in [7, 11) is 1.50. The molecule has 0 aliphatic heterocycles. The lowest BCUT2D eigenvalue weighted by Gasteiger charge is -2.10. The van der Waals surface area contributed by atoms with E-state index < -0.39 is 11.7 Å². The second-order valence-electron chi connectivity index (χ2n) is 3.96. The molecule has 4 nitrogen and oxygen atoms in total. The lowest BCUT2D eigenvalue weighted by Crippen LogP contribution is -2.07. The molecule has 0 saturated carbocycles. The van der Waals surface area contributed by atoms with Gasteiger partial charge in [-0.1, -0.05) is 6.07 Å². The molecular formula is C13H12F3N3O. The van der Waals surface area contributed by atoms with Crippen molar-refractivity contribution in [1.82, 2.24) is 9.97 Å². The lowest BCUT2D eigenvalue weighted by molar-refractivity contribution is -0.137. The molecule has 0 bridgehead atoms. The van der Waals surface area contributed by atoms with Crippen LogP contribution in [0.2, 0.25) is 0 Å². The van der Waals surface area contributed by atoms with E-state index in [1.54, 1.807) is 12.3 Å². The van der Waals surface area contributed by atoms with Crippen molar-refractivity contribution < 1.29 is 17.9 Å². The van der Waals surface area contributed by atoms with Crippen molar-refractivity contribution in [3.05, 3.63) is 47.8 Å². The van der Waals surface area contributed by atoms with Crippen LogP contribution in [0, 0.1) is 0 Å². The Balaban J connectivity index is 2.04. The maximum absolute atomic E-state index is 12.4. The van der Waals surface area contributed by atoms with Gasteiger partial charge in [0.15, 0.2) is 0 Å². The number of alkyl halides is 3. The van der Waals surface area contributed by atoms with Crippen molar-refractivity contribution in [1.29, 1.82) is 0 Å². The first-order valence-electron chi connectivity index (χ1n) is 5.75. The third-order valence-electron chi connectivity index (χ3n) is 2.59. The van der Waals surface area contributed by atoms with Crippen LogP contribution in [-0.4, -0.2) is 17.1 Å². The Morgan fingerprint density at radius 3 is 2.60 bits per heavy atom. The number of rotatable bonds is 4. The molecule has 0 aliphatic carbocycles. The first kappa shape index (κ1) is 14.1. The summed E-state index contributed by atoms with van der Waals surface area (Å²) in [6.45, 7) is 0.357. The maximum atomic E-state index is 12.4. The van der Waals surface area contributed by atoms with E-state index in [9.17, 15) is 13.2 Å². The van der Waals surface area contributed by atoms with Crippen LogP contribution in [0.15, 0.2) is 36.7 Å². The minimum absolute atomic E-state index is 0.351. The summed E-state index contributed by atoms with van der Waals surface area (Å²) in [5.41, 5.74) is 0.0127. The molecule has 2 aromatic heterocycles. The Morgan fingerprint density at radius 1 is 1.20 bits per heavy atom. The SMILES string of the molecule is COc1ncccc1CNc1ccc(C(F)(F)F)cn1. The predicted octanol–water partition coefficient (Wildman–Crippen LogP) is 3.12. The second kappa shape index (κ2) is 5.77. The maximum Gasteiger partial charge on any atom is 0.417 e. The summed E-state index contributed by atoms with van der Waals surface area (Å²) in [5.74, 6) is 0.816. The van der Waals surface area contributed by atoms with E-state index in [4.69, 9.17) is 4.74 Å². The van der Waals surface area contributed by atoms with Gasteiger partial charge in [0.05, 0.1) is 12.7 Å². The number of hydrogen-bond donors (Lipinski definition) is 1. The number of halogens is 3. The summed E-state index contributed by atoms with van der Waals surface area (Å²) in [4.78, 5) is 7.75. The topological polar surface area (TPSA) is 47.0 Å². The zero-order valence-electron chi connectivity index (χ0n) is 10.6. The Labute approximate surface area is 113 Å². The van der Waals surface area contributed by atoms with Crippen LogP contribution in [0.1, 0.15) is 11.1 Å². The number of hydrogen-bond acceptors (Lipinski definition) is 4. The van der Waals surface area contributed by atoms with Crippen molar-refractivity contribution in [3.63, 3.8) is 0 Å². The Bertz CT molecular complexity index is 570. The quantitative estimate of drug-likeness (QED) is 0.936. The number of pyridine rings is 2. The van der Waals surface area contributed by atoms with Crippen molar-refractivity contribution in [2.75, 3.05) is 12.4 Å². The first-order chi connectivity index (χ1) is 9.50. The molecule has 2 rings (SSSR count). The molecule has 0 saturated heterocycles.